The summed E-state index contributed by atoms with van der Waals surface area (Å²) < 4.78 is 22.2. The molecule has 0 bridgehead atoms. The monoisotopic (exact) mass is 889 g/mol. The van der Waals surface area contributed by atoms with E-state index in [2.05, 4.69) is 68.5 Å². The SMILES string of the molecule is CC/C=C\C/C=C\C/C=C\C/C=C\C/C=C\CCCC(=O)OC(COC(=O)CCCCCCCCCCCCCCCCCCCCCCC)COC1OC(CO)C(O)C(O)C1O. The maximum Gasteiger partial charge on any atom is 0.306 e. The van der Waals surface area contributed by atoms with Crippen molar-refractivity contribution in [3.05, 3.63) is 60.8 Å². The quantitative estimate of drug-likeness (QED) is 0.0265. The Morgan fingerprint density at radius 1 is 0.508 bits per heavy atom. The van der Waals surface area contributed by atoms with Crippen LogP contribution in [-0.2, 0) is 28.5 Å². The number of rotatable bonds is 42. The minimum atomic E-state index is -1.61. The van der Waals surface area contributed by atoms with Crippen LogP contribution < -0.4 is 0 Å². The maximum absolute atomic E-state index is 12.8. The van der Waals surface area contributed by atoms with E-state index in [-0.39, 0.29) is 32.0 Å². The van der Waals surface area contributed by atoms with E-state index in [4.69, 9.17) is 18.9 Å². The number of unbranched alkanes of at least 4 members (excludes halogenated alkanes) is 21. The summed E-state index contributed by atoms with van der Waals surface area (Å²) in [6.45, 7) is 3.27. The molecule has 0 aromatic carbocycles. The minimum absolute atomic E-state index is 0.151. The molecule has 63 heavy (non-hydrogen) atoms. The van der Waals surface area contributed by atoms with E-state index in [9.17, 15) is 30.0 Å². The number of carbonyl (C=O) groups is 2. The first-order valence-electron chi connectivity index (χ1n) is 25.4. The highest BCUT2D eigenvalue weighted by atomic mass is 16.7. The Balaban J connectivity index is 2.29. The summed E-state index contributed by atoms with van der Waals surface area (Å²) in [5.41, 5.74) is 0. The van der Waals surface area contributed by atoms with Gasteiger partial charge in [0, 0.05) is 12.8 Å². The Hall–Kier alpha value is -2.60. The molecule has 364 valence electrons. The van der Waals surface area contributed by atoms with Crippen molar-refractivity contribution in [3.8, 4) is 0 Å². The van der Waals surface area contributed by atoms with Crippen LogP contribution in [0.4, 0.5) is 0 Å². The zero-order valence-corrected chi connectivity index (χ0v) is 39.8. The molecule has 0 amide bonds. The molecule has 1 rings (SSSR count). The average Bonchev–Trinajstić information content (AvgIpc) is 3.28. The summed E-state index contributed by atoms with van der Waals surface area (Å²) in [6, 6.07) is 0. The van der Waals surface area contributed by atoms with E-state index in [0.717, 1.165) is 51.4 Å². The van der Waals surface area contributed by atoms with Crippen LogP contribution in [0.3, 0.4) is 0 Å². The zero-order chi connectivity index (χ0) is 45.9. The van der Waals surface area contributed by atoms with E-state index in [1.54, 1.807) is 0 Å². The van der Waals surface area contributed by atoms with E-state index in [1.807, 2.05) is 6.08 Å². The van der Waals surface area contributed by atoms with Crippen molar-refractivity contribution in [2.45, 2.75) is 243 Å². The molecule has 6 atom stereocenters. The minimum Gasteiger partial charge on any atom is -0.462 e. The van der Waals surface area contributed by atoms with Crippen LogP contribution in [0.1, 0.15) is 206 Å². The Morgan fingerprint density at radius 3 is 1.40 bits per heavy atom. The van der Waals surface area contributed by atoms with Crippen molar-refractivity contribution in [2.24, 2.45) is 0 Å². The smallest absolute Gasteiger partial charge is 0.306 e. The van der Waals surface area contributed by atoms with Gasteiger partial charge in [-0.25, -0.2) is 0 Å². The fourth-order valence-electron chi connectivity index (χ4n) is 7.46. The van der Waals surface area contributed by atoms with Crippen molar-refractivity contribution >= 4 is 11.9 Å². The molecule has 4 N–H and O–H groups in total. The van der Waals surface area contributed by atoms with Crippen LogP contribution in [0.2, 0.25) is 0 Å². The normalized spacial score (nSPS) is 20.0. The Labute approximate surface area is 383 Å². The highest BCUT2D eigenvalue weighted by Gasteiger charge is 2.44. The first kappa shape index (κ1) is 58.4. The van der Waals surface area contributed by atoms with Crippen LogP contribution in [0.25, 0.3) is 0 Å². The Bertz CT molecular complexity index is 1210. The molecule has 1 aliphatic heterocycles. The summed E-state index contributed by atoms with van der Waals surface area (Å²) in [6.07, 6.45) is 46.7. The molecule has 6 unspecified atom stereocenters. The number of esters is 2. The summed E-state index contributed by atoms with van der Waals surface area (Å²) in [5.74, 6) is -0.870. The number of allylic oxidation sites excluding steroid dienone is 10. The lowest BCUT2D eigenvalue weighted by molar-refractivity contribution is -0.305. The van der Waals surface area contributed by atoms with Gasteiger partial charge in [-0.15, -0.1) is 0 Å². The maximum atomic E-state index is 12.8. The van der Waals surface area contributed by atoms with Gasteiger partial charge in [-0.2, -0.15) is 0 Å². The van der Waals surface area contributed by atoms with E-state index in [0.29, 0.717) is 12.8 Å². The van der Waals surface area contributed by atoms with Crippen LogP contribution in [-0.4, -0.2) is 89.0 Å². The van der Waals surface area contributed by atoms with Gasteiger partial charge in [0.15, 0.2) is 12.4 Å². The zero-order valence-electron chi connectivity index (χ0n) is 39.8. The molecule has 0 aromatic heterocycles. The van der Waals surface area contributed by atoms with Gasteiger partial charge in [0.2, 0.25) is 0 Å². The molecule has 0 radical (unpaired) electrons. The molecule has 0 aliphatic carbocycles. The number of carbonyl (C=O) groups excluding carboxylic acids is 2. The molecule has 1 fully saturated rings. The van der Waals surface area contributed by atoms with Crippen LogP contribution >= 0.6 is 0 Å². The van der Waals surface area contributed by atoms with Gasteiger partial charge < -0.3 is 39.4 Å². The van der Waals surface area contributed by atoms with Gasteiger partial charge in [-0.05, 0) is 51.4 Å². The summed E-state index contributed by atoms with van der Waals surface area (Å²) in [7, 11) is 0. The number of ether oxygens (including phenoxy) is 4. The van der Waals surface area contributed by atoms with Gasteiger partial charge >= 0.3 is 11.9 Å². The highest BCUT2D eigenvalue weighted by molar-refractivity contribution is 5.70. The Morgan fingerprint density at radius 2 is 0.937 bits per heavy atom. The van der Waals surface area contributed by atoms with Gasteiger partial charge in [0.05, 0.1) is 13.2 Å². The Kier molecular flexibility index (Phi) is 40.2. The standard InChI is InChI=1S/C53H92O10/c1-3-5-7-9-11-13-15-17-19-21-22-23-24-26-27-29-31-33-35-37-39-41-48(55)60-44-46(45-61-53-52(59)51(58)50(57)47(43-54)63-53)62-49(56)42-40-38-36-34-32-30-28-25-20-18-16-14-12-10-8-6-4-2/h6,8,12,14,18,20,28,30,34,36,46-47,50-54,57-59H,3-5,7,9-11,13,15-17,19,21-27,29,31-33,35,37-45H2,1-2H3/b8-6-,14-12-,20-18-,30-28-,36-34-. The molecule has 10 heteroatoms. The number of aliphatic hydroxyl groups excluding tert-OH is 4. The van der Waals surface area contributed by atoms with Crippen molar-refractivity contribution in [1.29, 1.82) is 0 Å². The molecular formula is C53H92O10. The summed E-state index contributed by atoms with van der Waals surface area (Å²) >= 11 is 0. The predicted octanol–water partition coefficient (Wildman–Crippen LogP) is 11.8. The second-order valence-electron chi connectivity index (χ2n) is 17.2. The molecule has 0 aromatic rings. The largest absolute Gasteiger partial charge is 0.462 e. The van der Waals surface area contributed by atoms with Crippen LogP contribution in [0.15, 0.2) is 60.8 Å². The predicted molar refractivity (Wildman–Crippen MR) is 256 cm³/mol. The fraction of sp³-hybridized carbons (Fsp3) is 0.774. The van der Waals surface area contributed by atoms with Crippen molar-refractivity contribution in [1.82, 2.24) is 0 Å². The number of aliphatic hydroxyl groups is 4. The lowest BCUT2D eigenvalue weighted by atomic mass is 9.99. The van der Waals surface area contributed by atoms with Gasteiger partial charge in [0.1, 0.15) is 31.0 Å². The molecule has 0 spiro atoms. The van der Waals surface area contributed by atoms with Gasteiger partial charge in [-0.1, -0.05) is 203 Å². The average molecular weight is 889 g/mol. The fourth-order valence-corrected chi connectivity index (χ4v) is 7.46. The second-order valence-corrected chi connectivity index (χ2v) is 17.2. The summed E-state index contributed by atoms with van der Waals surface area (Å²) in [4.78, 5) is 25.4. The van der Waals surface area contributed by atoms with Gasteiger partial charge in [-0.3, -0.25) is 9.59 Å². The van der Waals surface area contributed by atoms with Crippen molar-refractivity contribution in [3.63, 3.8) is 0 Å². The lowest BCUT2D eigenvalue weighted by Crippen LogP contribution is -2.59. The second kappa shape index (κ2) is 43.3. The molecular weight excluding hydrogens is 797 g/mol. The number of hydrogen-bond acceptors (Lipinski definition) is 10. The highest BCUT2D eigenvalue weighted by Crippen LogP contribution is 2.23. The summed E-state index contributed by atoms with van der Waals surface area (Å²) in [5, 5.41) is 40.2. The third-order valence-corrected chi connectivity index (χ3v) is 11.4. The first-order chi connectivity index (χ1) is 30.8. The lowest BCUT2D eigenvalue weighted by Gasteiger charge is -2.39. The van der Waals surface area contributed by atoms with Crippen LogP contribution in [0.5, 0.6) is 0 Å². The van der Waals surface area contributed by atoms with E-state index < -0.39 is 49.4 Å². The third-order valence-electron chi connectivity index (χ3n) is 11.4. The molecule has 1 heterocycles. The molecule has 1 aliphatic rings. The van der Waals surface area contributed by atoms with E-state index >= 15 is 0 Å². The first-order valence-corrected chi connectivity index (χ1v) is 25.4. The molecule has 0 saturated carbocycles. The molecule has 10 nitrogen and oxygen atoms in total. The molecule has 1 saturated heterocycles. The van der Waals surface area contributed by atoms with Crippen LogP contribution in [0, 0.1) is 0 Å². The number of hydrogen-bond donors (Lipinski definition) is 4. The van der Waals surface area contributed by atoms with E-state index in [1.165, 1.54) is 116 Å². The van der Waals surface area contributed by atoms with Gasteiger partial charge in [0.25, 0.3) is 0 Å². The third kappa shape index (κ3) is 34.4. The van der Waals surface area contributed by atoms with Crippen molar-refractivity contribution in [2.75, 3.05) is 19.8 Å². The topological polar surface area (TPSA) is 152 Å². The van der Waals surface area contributed by atoms with Crippen molar-refractivity contribution < 1.29 is 49.0 Å².